The van der Waals surface area contributed by atoms with Crippen LogP contribution < -0.4 is 4.90 Å². The van der Waals surface area contributed by atoms with E-state index in [1.54, 1.807) is 0 Å². The molecule has 1 spiro atoms. The van der Waals surface area contributed by atoms with E-state index in [1.807, 2.05) is 11.1 Å². The maximum atomic E-state index is 12.1. The van der Waals surface area contributed by atoms with Gasteiger partial charge in [-0.05, 0) is 62.1 Å². The number of benzene rings is 2. The molecule has 2 fully saturated rings. The number of aryl methyl sites for hydroxylation is 1. The first kappa shape index (κ1) is 20.9. The largest absolute Gasteiger partial charge is 0.353 e. The molecule has 2 aromatic heterocycles. The van der Waals surface area contributed by atoms with Crippen LogP contribution in [-0.4, -0.2) is 51.7 Å². The number of hydrogen-bond donors (Lipinski definition) is 1. The Balaban J connectivity index is 1.50. The minimum Gasteiger partial charge on any atom is -0.353 e. The van der Waals surface area contributed by atoms with E-state index in [0.29, 0.717) is 6.04 Å². The number of carbonyl (C=O) groups excluding carboxylic acids is 1. The number of pyridine rings is 1. The fraction of sp³-hybridized carbons (Fsp3) is 0.321. The number of nitrogens with one attached hydrogen (secondary N) is 1. The molecule has 6 rings (SSSR count). The zero-order chi connectivity index (χ0) is 23.6. The Morgan fingerprint density at radius 1 is 1.15 bits per heavy atom. The predicted octanol–water partition coefficient (Wildman–Crippen LogP) is 5.01. The highest BCUT2D eigenvalue weighted by Crippen LogP contribution is 2.48. The maximum Gasteiger partial charge on any atom is 0.245 e. The van der Waals surface area contributed by atoms with Crippen molar-refractivity contribution in [2.45, 2.75) is 33.2 Å². The van der Waals surface area contributed by atoms with Gasteiger partial charge in [0.1, 0.15) is 5.82 Å². The molecule has 4 heterocycles. The normalized spacial score (nSPS) is 19.2. The topological polar surface area (TPSA) is 65.1 Å². The van der Waals surface area contributed by atoms with Gasteiger partial charge in [0.2, 0.25) is 5.91 Å². The number of para-hydroxylation sites is 1. The minimum atomic E-state index is 0.0299. The number of carbonyl (C=O) groups is 1. The summed E-state index contributed by atoms with van der Waals surface area (Å²) in [5.41, 5.74) is 7.03. The van der Waals surface area contributed by atoms with Gasteiger partial charge in [0.15, 0.2) is 0 Å². The van der Waals surface area contributed by atoms with E-state index in [4.69, 9.17) is 4.98 Å². The number of anilines is 1. The number of hydrogen-bond acceptors (Lipinski definition) is 4. The molecule has 0 aliphatic carbocycles. The van der Waals surface area contributed by atoms with Gasteiger partial charge in [0.25, 0.3) is 0 Å². The molecule has 2 aliphatic heterocycles. The second kappa shape index (κ2) is 7.42. The molecular weight excluding hydrogens is 422 g/mol. The van der Waals surface area contributed by atoms with Crippen molar-refractivity contribution in [1.82, 2.24) is 20.1 Å². The summed E-state index contributed by atoms with van der Waals surface area (Å²) in [6.07, 6.45) is 4.41. The fourth-order valence-corrected chi connectivity index (χ4v) is 6.14. The van der Waals surface area contributed by atoms with Gasteiger partial charge >= 0.3 is 0 Å². The Morgan fingerprint density at radius 3 is 2.74 bits per heavy atom. The smallest absolute Gasteiger partial charge is 0.245 e. The standard InChI is InChI=1S/C28H29N5O/c1-5-24(34)32-15-28(16-32)12-13-33(19(28)4)27-18(3)26(20-8-6-7-9-22(20)30-27)25-17(2)10-11-23-21(25)14-29-31-23/h5-11,14,19H,1,12-13,15-16H2,2-4H3,(H,29,31)/t19-/m0/s1. The van der Waals surface area contributed by atoms with Crippen molar-refractivity contribution in [2.75, 3.05) is 24.5 Å². The molecule has 4 aromatic rings. The third-order valence-corrected chi connectivity index (χ3v) is 8.17. The van der Waals surface area contributed by atoms with Crippen LogP contribution in [0.1, 0.15) is 24.5 Å². The molecule has 2 saturated heterocycles. The lowest BCUT2D eigenvalue weighted by Gasteiger charge is -2.51. The van der Waals surface area contributed by atoms with Crippen LogP contribution in [0, 0.1) is 19.3 Å². The van der Waals surface area contributed by atoms with Crippen LogP contribution in [0.5, 0.6) is 0 Å². The summed E-state index contributed by atoms with van der Waals surface area (Å²) < 4.78 is 0. The Morgan fingerprint density at radius 2 is 1.94 bits per heavy atom. The highest BCUT2D eigenvalue weighted by molar-refractivity contribution is 6.07. The zero-order valence-corrected chi connectivity index (χ0v) is 19.9. The summed E-state index contributed by atoms with van der Waals surface area (Å²) in [6.45, 7) is 12.8. The predicted molar refractivity (Wildman–Crippen MR) is 137 cm³/mol. The first-order chi connectivity index (χ1) is 16.4. The summed E-state index contributed by atoms with van der Waals surface area (Å²) in [5.74, 6) is 1.08. The van der Waals surface area contributed by atoms with Crippen LogP contribution >= 0.6 is 0 Å². The van der Waals surface area contributed by atoms with Crippen molar-refractivity contribution < 1.29 is 4.79 Å². The molecule has 2 aromatic carbocycles. The maximum absolute atomic E-state index is 12.1. The number of rotatable bonds is 3. The Kier molecular flexibility index (Phi) is 4.56. The summed E-state index contributed by atoms with van der Waals surface area (Å²) >= 11 is 0. The van der Waals surface area contributed by atoms with Crippen molar-refractivity contribution in [1.29, 1.82) is 0 Å². The van der Waals surface area contributed by atoms with Crippen LogP contribution in [0.3, 0.4) is 0 Å². The Hall–Kier alpha value is -3.67. The van der Waals surface area contributed by atoms with Crippen molar-refractivity contribution in [3.05, 3.63) is 66.4 Å². The number of aromatic amines is 1. The molecule has 0 bridgehead atoms. The number of amides is 1. The van der Waals surface area contributed by atoms with Gasteiger partial charge in [-0.15, -0.1) is 0 Å². The van der Waals surface area contributed by atoms with Crippen molar-refractivity contribution >= 4 is 33.5 Å². The van der Waals surface area contributed by atoms with E-state index in [2.05, 4.69) is 78.8 Å². The molecular formula is C28H29N5O. The Bertz CT molecular complexity index is 1460. The first-order valence-corrected chi connectivity index (χ1v) is 11.9. The molecule has 0 radical (unpaired) electrons. The summed E-state index contributed by atoms with van der Waals surface area (Å²) in [4.78, 5) is 21.6. The van der Waals surface area contributed by atoms with E-state index < -0.39 is 0 Å². The van der Waals surface area contributed by atoms with Crippen molar-refractivity contribution in [2.24, 2.45) is 5.41 Å². The average Bonchev–Trinajstić information content (AvgIpc) is 3.42. The third-order valence-electron chi connectivity index (χ3n) is 8.17. The lowest BCUT2D eigenvalue weighted by molar-refractivity contribution is -0.138. The van der Waals surface area contributed by atoms with Crippen molar-refractivity contribution in [3.63, 3.8) is 0 Å². The molecule has 172 valence electrons. The summed E-state index contributed by atoms with van der Waals surface area (Å²) in [6, 6.07) is 13.0. The zero-order valence-electron chi connectivity index (χ0n) is 19.9. The molecule has 0 saturated carbocycles. The quantitative estimate of drug-likeness (QED) is 0.445. The second-order valence-electron chi connectivity index (χ2n) is 9.92. The van der Waals surface area contributed by atoms with Gasteiger partial charge in [-0.1, -0.05) is 30.8 Å². The molecule has 1 atom stereocenters. The lowest BCUT2D eigenvalue weighted by Crippen LogP contribution is -2.62. The van der Waals surface area contributed by atoms with E-state index in [-0.39, 0.29) is 11.3 Å². The molecule has 1 N–H and O–H groups in total. The summed E-state index contributed by atoms with van der Waals surface area (Å²) in [7, 11) is 0. The molecule has 1 amide bonds. The molecule has 6 heteroatoms. The van der Waals surface area contributed by atoms with Crippen LogP contribution in [0.15, 0.2) is 55.3 Å². The van der Waals surface area contributed by atoms with Gasteiger partial charge < -0.3 is 9.80 Å². The minimum absolute atomic E-state index is 0.0299. The van der Waals surface area contributed by atoms with E-state index in [0.717, 1.165) is 53.7 Å². The second-order valence-corrected chi connectivity index (χ2v) is 9.92. The third kappa shape index (κ3) is 2.84. The fourth-order valence-electron chi connectivity index (χ4n) is 6.14. The highest BCUT2D eigenvalue weighted by Gasteiger charge is 2.54. The number of H-pyrrole nitrogens is 1. The number of likely N-dealkylation sites (tertiary alicyclic amines) is 1. The van der Waals surface area contributed by atoms with Crippen LogP contribution in [0.4, 0.5) is 5.82 Å². The SMILES string of the molecule is C=CC(=O)N1CC2(CCN(c3nc4ccccc4c(-c4c(C)ccc5[nH]ncc45)c3C)[C@H]2C)C1. The van der Waals surface area contributed by atoms with Gasteiger partial charge in [-0.25, -0.2) is 4.98 Å². The van der Waals surface area contributed by atoms with Crippen LogP contribution in [0.2, 0.25) is 0 Å². The highest BCUT2D eigenvalue weighted by atomic mass is 16.2. The lowest BCUT2D eigenvalue weighted by atomic mass is 9.74. The monoisotopic (exact) mass is 451 g/mol. The number of aromatic nitrogens is 3. The first-order valence-electron chi connectivity index (χ1n) is 11.9. The number of fused-ring (bicyclic) bond motifs is 2. The van der Waals surface area contributed by atoms with Gasteiger partial charge in [-0.2, -0.15) is 5.10 Å². The van der Waals surface area contributed by atoms with Crippen LogP contribution in [0.25, 0.3) is 32.9 Å². The molecule has 0 unspecified atom stereocenters. The Labute approximate surface area is 199 Å². The summed E-state index contributed by atoms with van der Waals surface area (Å²) in [5, 5.41) is 9.75. The van der Waals surface area contributed by atoms with Gasteiger partial charge in [0.05, 0.1) is 17.2 Å². The molecule has 2 aliphatic rings. The van der Waals surface area contributed by atoms with Crippen LogP contribution in [-0.2, 0) is 4.79 Å². The van der Waals surface area contributed by atoms with Crippen molar-refractivity contribution in [3.8, 4) is 11.1 Å². The van der Waals surface area contributed by atoms with E-state index >= 15 is 0 Å². The van der Waals surface area contributed by atoms with Gasteiger partial charge in [0, 0.05) is 47.4 Å². The van der Waals surface area contributed by atoms with E-state index in [9.17, 15) is 4.79 Å². The molecule has 34 heavy (non-hydrogen) atoms. The van der Waals surface area contributed by atoms with Gasteiger partial charge in [-0.3, -0.25) is 9.89 Å². The molecule has 6 nitrogen and oxygen atoms in total. The van der Waals surface area contributed by atoms with E-state index in [1.165, 1.54) is 28.3 Å². The number of nitrogens with zero attached hydrogens (tertiary/aromatic N) is 4. The average molecular weight is 452 g/mol.